The van der Waals surface area contributed by atoms with E-state index in [0.717, 1.165) is 24.9 Å². The summed E-state index contributed by atoms with van der Waals surface area (Å²) in [7, 11) is 0. The number of rotatable bonds is 5. The van der Waals surface area contributed by atoms with Crippen molar-refractivity contribution in [2.45, 2.75) is 38.6 Å². The Labute approximate surface area is 149 Å². The van der Waals surface area contributed by atoms with Gasteiger partial charge in [0.15, 0.2) is 0 Å². The minimum absolute atomic E-state index is 0.224. The zero-order valence-corrected chi connectivity index (χ0v) is 14.2. The zero-order chi connectivity index (χ0) is 18.7. The van der Waals surface area contributed by atoms with Crippen LogP contribution in [-0.4, -0.2) is 18.3 Å². The lowest BCUT2D eigenvalue weighted by atomic mass is 10.1. The molecule has 0 aromatic heterocycles. The summed E-state index contributed by atoms with van der Waals surface area (Å²) >= 11 is 0. The molecule has 0 bridgehead atoms. The molecule has 3 rings (SSSR count). The van der Waals surface area contributed by atoms with E-state index in [9.17, 15) is 18.0 Å². The van der Waals surface area contributed by atoms with E-state index in [1.807, 2.05) is 18.2 Å². The summed E-state index contributed by atoms with van der Waals surface area (Å²) in [6.07, 6.45) is -1.48. The first kappa shape index (κ1) is 18.1. The minimum atomic E-state index is -4.72. The summed E-state index contributed by atoms with van der Waals surface area (Å²) < 4.78 is 40.3. The molecule has 138 valence electrons. The van der Waals surface area contributed by atoms with Gasteiger partial charge in [-0.25, -0.2) is 0 Å². The van der Waals surface area contributed by atoms with Crippen LogP contribution in [0.25, 0.3) is 0 Å². The van der Waals surface area contributed by atoms with Gasteiger partial charge >= 0.3 is 6.36 Å². The van der Waals surface area contributed by atoms with Crippen molar-refractivity contribution in [1.82, 2.24) is 0 Å². The van der Waals surface area contributed by atoms with Crippen LogP contribution < -0.4 is 15.4 Å². The molecule has 1 atom stereocenters. The fourth-order valence-electron chi connectivity index (χ4n) is 2.97. The summed E-state index contributed by atoms with van der Waals surface area (Å²) in [6, 6.07) is 10.6. The van der Waals surface area contributed by atoms with Gasteiger partial charge in [0, 0.05) is 11.4 Å². The number of aryl methyl sites for hydroxylation is 2. The van der Waals surface area contributed by atoms with Crippen molar-refractivity contribution in [2.24, 2.45) is 0 Å². The van der Waals surface area contributed by atoms with Crippen LogP contribution in [0.2, 0.25) is 0 Å². The highest BCUT2D eigenvalue weighted by molar-refractivity contribution is 5.96. The molecule has 1 aliphatic carbocycles. The van der Waals surface area contributed by atoms with E-state index in [-0.39, 0.29) is 11.7 Å². The zero-order valence-electron chi connectivity index (χ0n) is 14.2. The number of ether oxygens (including phenoxy) is 1. The third-order valence-electron chi connectivity index (χ3n) is 4.23. The Balaban J connectivity index is 1.57. The number of benzene rings is 2. The number of amides is 1. The van der Waals surface area contributed by atoms with Crippen LogP contribution >= 0.6 is 0 Å². The van der Waals surface area contributed by atoms with Crippen molar-refractivity contribution in [3.05, 3.63) is 53.6 Å². The number of halogens is 3. The normalized spacial score (nSPS) is 14.5. The standard InChI is InChI=1S/C19H19F3N2O2/c1-12(23-15-7-9-17(10-8-15)26-19(20,21)22)18(25)24-16-6-5-13-3-2-4-14(13)11-16/h5-12,23H,2-4H2,1H3,(H,24,25)/t12-/m1/s1. The fourth-order valence-corrected chi connectivity index (χ4v) is 2.97. The van der Waals surface area contributed by atoms with Gasteiger partial charge in [0.2, 0.25) is 5.91 Å². The number of carbonyl (C=O) groups excluding carboxylic acids is 1. The van der Waals surface area contributed by atoms with Gasteiger partial charge in [0.25, 0.3) is 0 Å². The monoisotopic (exact) mass is 364 g/mol. The van der Waals surface area contributed by atoms with Crippen molar-refractivity contribution in [1.29, 1.82) is 0 Å². The second-order valence-corrected chi connectivity index (χ2v) is 6.26. The fraction of sp³-hybridized carbons (Fsp3) is 0.316. The van der Waals surface area contributed by atoms with Crippen LogP contribution in [0.1, 0.15) is 24.5 Å². The van der Waals surface area contributed by atoms with E-state index >= 15 is 0 Å². The molecule has 7 heteroatoms. The van der Waals surface area contributed by atoms with E-state index in [4.69, 9.17) is 0 Å². The molecular weight excluding hydrogens is 345 g/mol. The lowest BCUT2D eigenvalue weighted by Gasteiger charge is -2.16. The highest BCUT2D eigenvalue weighted by Crippen LogP contribution is 2.26. The quantitative estimate of drug-likeness (QED) is 0.821. The van der Waals surface area contributed by atoms with Gasteiger partial charge in [-0.2, -0.15) is 0 Å². The molecule has 2 aromatic rings. The van der Waals surface area contributed by atoms with E-state index < -0.39 is 12.4 Å². The molecule has 0 aliphatic heterocycles. The van der Waals surface area contributed by atoms with Crippen LogP contribution in [0.15, 0.2) is 42.5 Å². The molecule has 2 aromatic carbocycles. The highest BCUT2D eigenvalue weighted by Gasteiger charge is 2.31. The van der Waals surface area contributed by atoms with E-state index in [0.29, 0.717) is 5.69 Å². The molecule has 0 spiro atoms. The maximum Gasteiger partial charge on any atom is 0.573 e. The lowest BCUT2D eigenvalue weighted by molar-refractivity contribution is -0.274. The van der Waals surface area contributed by atoms with Crippen molar-refractivity contribution in [2.75, 3.05) is 10.6 Å². The van der Waals surface area contributed by atoms with Gasteiger partial charge in [-0.3, -0.25) is 4.79 Å². The van der Waals surface area contributed by atoms with E-state index in [1.165, 1.54) is 35.4 Å². The van der Waals surface area contributed by atoms with Gasteiger partial charge in [0.05, 0.1) is 0 Å². The van der Waals surface area contributed by atoms with Gasteiger partial charge in [-0.1, -0.05) is 6.07 Å². The maximum atomic E-state index is 12.3. The molecule has 0 heterocycles. The summed E-state index contributed by atoms with van der Waals surface area (Å²) in [5, 5.41) is 5.81. The number of fused-ring (bicyclic) bond motifs is 1. The maximum absolute atomic E-state index is 12.3. The average molecular weight is 364 g/mol. The SMILES string of the molecule is C[C@@H](Nc1ccc(OC(F)(F)F)cc1)C(=O)Nc1ccc2c(c1)CCC2. The van der Waals surface area contributed by atoms with Crippen LogP contribution in [-0.2, 0) is 17.6 Å². The molecule has 0 fully saturated rings. The molecule has 0 saturated heterocycles. The van der Waals surface area contributed by atoms with Crippen LogP contribution in [0.5, 0.6) is 5.75 Å². The van der Waals surface area contributed by atoms with Crippen molar-refractivity contribution < 1.29 is 22.7 Å². The molecule has 1 aliphatic rings. The number of carbonyl (C=O) groups is 1. The molecule has 26 heavy (non-hydrogen) atoms. The first-order valence-electron chi connectivity index (χ1n) is 8.35. The van der Waals surface area contributed by atoms with E-state index in [2.05, 4.69) is 15.4 Å². The Morgan fingerprint density at radius 3 is 2.38 bits per heavy atom. The van der Waals surface area contributed by atoms with Crippen molar-refractivity contribution in [3.63, 3.8) is 0 Å². The Morgan fingerprint density at radius 2 is 1.69 bits per heavy atom. The minimum Gasteiger partial charge on any atom is -0.406 e. The molecule has 0 saturated carbocycles. The summed E-state index contributed by atoms with van der Waals surface area (Å²) in [6.45, 7) is 1.68. The molecule has 4 nitrogen and oxygen atoms in total. The molecular formula is C19H19F3N2O2. The Kier molecular flexibility index (Phi) is 5.06. The molecule has 2 N–H and O–H groups in total. The summed E-state index contributed by atoms with van der Waals surface area (Å²) in [5.74, 6) is -0.531. The topological polar surface area (TPSA) is 50.4 Å². The van der Waals surface area contributed by atoms with Gasteiger partial charge in [0.1, 0.15) is 11.8 Å². The van der Waals surface area contributed by atoms with Gasteiger partial charge in [-0.15, -0.1) is 13.2 Å². The third kappa shape index (κ3) is 4.68. The largest absolute Gasteiger partial charge is 0.573 e. The molecule has 0 unspecified atom stereocenters. The third-order valence-corrected chi connectivity index (χ3v) is 4.23. The molecule has 0 radical (unpaired) electrons. The molecule has 1 amide bonds. The summed E-state index contributed by atoms with van der Waals surface area (Å²) in [4.78, 5) is 12.3. The van der Waals surface area contributed by atoms with Crippen LogP contribution in [0.3, 0.4) is 0 Å². The van der Waals surface area contributed by atoms with Crippen LogP contribution in [0, 0.1) is 0 Å². The second-order valence-electron chi connectivity index (χ2n) is 6.26. The van der Waals surface area contributed by atoms with E-state index in [1.54, 1.807) is 6.92 Å². The Hall–Kier alpha value is -2.70. The predicted molar refractivity (Wildman–Crippen MR) is 93.3 cm³/mol. The Bertz CT molecular complexity index is 788. The highest BCUT2D eigenvalue weighted by atomic mass is 19.4. The number of nitrogens with one attached hydrogen (secondary N) is 2. The van der Waals surface area contributed by atoms with Crippen molar-refractivity contribution in [3.8, 4) is 5.75 Å². The first-order chi connectivity index (χ1) is 12.3. The first-order valence-corrected chi connectivity index (χ1v) is 8.35. The number of hydrogen-bond acceptors (Lipinski definition) is 3. The average Bonchev–Trinajstić information content (AvgIpc) is 3.03. The predicted octanol–water partition coefficient (Wildman–Crippen LogP) is 4.51. The number of alkyl halides is 3. The Morgan fingerprint density at radius 1 is 1.04 bits per heavy atom. The van der Waals surface area contributed by atoms with Crippen LogP contribution in [0.4, 0.5) is 24.5 Å². The number of anilines is 2. The second kappa shape index (κ2) is 7.27. The van der Waals surface area contributed by atoms with Crippen molar-refractivity contribution >= 4 is 17.3 Å². The lowest BCUT2D eigenvalue weighted by Crippen LogP contribution is -2.31. The summed E-state index contributed by atoms with van der Waals surface area (Å²) in [5.41, 5.74) is 3.87. The number of hydrogen-bond donors (Lipinski definition) is 2. The van der Waals surface area contributed by atoms with Gasteiger partial charge in [-0.05, 0) is 73.7 Å². The smallest absolute Gasteiger partial charge is 0.406 e. The van der Waals surface area contributed by atoms with Gasteiger partial charge < -0.3 is 15.4 Å².